The maximum Gasteiger partial charge on any atom is 0.303 e. The Labute approximate surface area is 233 Å². The van der Waals surface area contributed by atoms with Crippen LogP contribution in [-0.2, 0) is 38.1 Å². The quantitative estimate of drug-likeness (QED) is 0.208. The van der Waals surface area contributed by atoms with E-state index >= 15 is 0 Å². The highest BCUT2D eigenvalue weighted by molar-refractivity contribution is 7.98. The molecule has 0 unspecified atom stereocenters. The van der Waals surface area contributed by atoms with Crippen LogP contribution in [0.4, 0.5) is 0 Å². The third-order valence-corrected chi connectivity index (χ3v) is 6.43. The van der Waals surface area contributed by atoms with E-state index < -0.39 is 66.6 Å². The van der Waals surface area contributed by atoms with Gasteiger partial charge in [0.1, 0.15) is 30.4 Å². The van der Waals surface area contributed by atoms with Crippen molar-refractivity contribution in [3.05, 3.63) is 46.2 Å². The second-order valence-corrected chi connectivity index (χ2v) is 9.49. The average Bonchev–Trinajstić information content (AvgIpc) is 2.89. The third-order valence-electron chi connectivity index (χ3n) is 5.78. The fraction of sp³-hybridized carbons (Fsp3) is 0.423. The lowest BCUT2D eigenvalue weighted by atomic mass is 9.94. The maximum atomic E-state index is 12.9. The summed E-state index contributed by atoms with van der Waals surface area (Å²) in [5.41, 5.74) is -0.482. The van der Waals surface area contributed by atoms with Crippen molar-refractivity contribution in [2.24, 2.45) is 0 Å². The number of hydrogen-bond donors (Lipinski definition) is 1. The van der Waals surface area contributed by atoms with Crippen LogP contribution in [0.5, 0.6) is 0 Å². The summed E-state index contributed by atoms with van der Waals surface area (Å²) in [6.45, 7) is 4.26. The van der Waals surface area contributed by atoms with Crippen molar-refractivity contribution in [3.63, 3.8) is 0 Å². The van der Waals surface area contributed by atoms with Gasteiger partial charge in [-0.15, -0.1) is 0 Å². The van der Waals surface area contributed by atoms with Gasteiger partial charge in [0.15, 0.2) is 23.6 Å². The molecular formula is C26H28N4O9S. The van der Waals surface area contributed by atoms with E-state index in [4.69, 9.17) is 18.9 Å². The number of amides is 1. The van der Waals surface area contributed by atoms with Crippen molar-refractivity contribution in [1.82, 2.24) is 14.9 Å². The third kappa shape index (κ3) is 6.85. The summed E-state index contributed by atoms with van der Waals surface area (Å²) in [7, 11) is 0. The first-order chi connectivity index (χ1) is 19.0. The van der Waals surface area contributed by atoms with Crippen LogP contribution in [0.2, 0.25) is 0 Å². The van der Waals surface area contributed by atoms with E-state index in [2.05, 4.69) is 10.3 Å². The lowest BCUT2D eigenvalue weighted by Gasteiger charge is -2.46. The van der Waals surface area contributed by atoms with Crippen molar-refractivity contribution in [1.29, 1.82) is 5.26 Å². The molecule has 0 spiro atoms. The van der Waals surface area contributed by atoms with E-state index in [9.17, 15) is 29.2 Å². The second kappa shape index (κ2) is 13.2. The van der Waals surface area contributed by atoms with E-state index in [-0.39, 0.29) is 16.4 Å². The Morgan fingerprint density at radius 3 is 2.20 bits per heavy atom. The fourth-order valence-electron chi connectivity index (χ4n) is 4.40. The van der Waals surface area contributed by atoms with Crippen LogP contribution in [-0.4, -0.2) is 70.6 Å². The van der Waals surface area contributed by atoms with Crippen LogP contribution < -0.4 is 10.9 Å². The summed E-state index contributed by atoms with van der Waals surface area (Å²) in [5.74, 6) is -2.70. The average molecular weight is 573 g/mol. The standard InChI is InChI=1S/C26H28N4O9S/c1-13(31)28-20-23(38-16(4)34)22(37-15(3)33)19(12-36-14(2)32)39-25(20)30-21(17-9-7-6-8-10-17)18(11-27)24(35)29-26(30)40-5/h6-10,19-20,22-23,25H,12H2,1-5H3,(H,28,31)/t19-,20-,22-,23-,25-/m1/s1. The van der Waals surface area contributed by atoms with E-state index in [1.54, 1.807) is 36.6 Å². The van der Waals surface area contributed by atoms with Crippen molar-refractivity contribution in [2.75, 3.05) is 12.9 Å². The highest BCUT2D eigenvalue weighted by Gasteiger charge is 2.52. The minimum Gasteiger partial charge on any atom is -0.463 e. The number of nitrogens with one attached hydrogen (secondary N) is 1. The number of benzene rings is 1. The predicted molar refractivity (Wildman–Crippen MR) is 140 cm³/mol. The van der Waals surface area contributed by atoms with Crippen LogP contribution >= 0.6 is 11.8 Å². The summed E-state index contributed by atoms with van der Waals surface area (Å²) in [6, 6.07) is 9.20. The van der Waals surface area contributed by atoms with Gasteiger partial charge in [0.2, 0.25) is 5.91 Å². The normalized spacial score (nSPS) is 21.9. The largest absolute Gasteiger partial charge is 0.463 e. The smallest absolute Gasteiger partial charge is 0.303 e. The molecule has 1 aromatic carbocycles. The van der Waals surface area contributed by atoms with E-state index in [0.29, 0.717) is 5.56 Å². The van der Waals surface area contributed by atoms with Crippen LogP contribution in [0.25, 0.3) is 11.3 Å². The van der Waals surface area contributed by atoms with Crippen LogP contribution in [0, 0.1) is 11.3 Å². The molecule has 1 amide bonds. The molecule has 3 rings (SSSR count). The molecule has 1 saturated heterocycles. The van der Waals surface area contributed by atoms with Gasteiger partial charge in [0.05, 0.1) is 5.69 Å². The van der Waals surface area contributed by atoms with Gasteiger partial charge in [0.25, 0.3) is 5.56 Å². The molecule has 2 aromatic rings. The SMILES string of the molecule is CSc1nc(=O)c(C#N)c(-c2ccccc2)n1[C@@H]1O[C@H](COC(C)=O)[C@@H](OC(C)=O)[C@H](OC(C)=O)[C@H]1NC(C)=O. The minimum absolute atomic E-state index is 0.113. The Morgan fingerprint density at radius 2 is 1.68 bits per heavy atom. The zero-order valence-electron chi connectivity index (χ0n) is 22.4. The van der Waals surface area contributed by atoms with Crippen molar-refractivity contribution in [2.45, 2.75) is 63.4 Å². The van der Waals surface area contributed by atoms with Crippen LogP contribution in [0.3, 0.4) is 0 Å². The lowest BCUT2D eigenvalue weighted by Crippen LogP contribution is -2.64. The molecule has 1 N–H and O–H groups in total. The van der Waals surface area contributed by atoms with E-state index in [0.717, 1.165) is 25.6 Å². The number of aromatic nitrogens is 2. The van der Waals surface area contributed by atoms with Gasteiger partial charge in [0, 0.05) is 27.7 Å². The van der Waals surface area contributed by atoms with Gasteiger partial charge >= 0.3 is 17.9 Å². The van der Waals surface area contributed by atoms with Crippen molar-refractivity contribution < 1.29 is 38.1 Å². The zero-order valence-corrected chi connectivity index (χ0v) is 23.2. The first-order valence-corrected chi connectivity index (χ1v) is 13.3. The molecule has 5 atom stereocenters. The lowest BCUT2D eigenvalue weighted by molar-refractivity contribution is -0.238. The van der Waals surface area contributed by atoms with Gasteiger partial charge in [-0.1, -0.05) is 42.1 Å². The molecule has 1 aliphatic rings. The Morgan fingerprint density at radius 1 is 1.05 bits per heavy atom. The Kier molecular flexibility index (Phi) is 10.0. The predicted octanol–water partition coefficient (Wildman–Crippen LogP) is 1.33. The Hall–Kier alpha value is -4.22. The van der Waals surface area contributed by atoms with Gasteiger partial charge in [-0.3, -0.25) is 28.5 Å². The summed E-state index contributed by atoms with van der Waals surface area (Å²) >= 11 is 1.07. The molecule has 0 aliphatic carbocycles. The molecule has 1 aromatic heterocycles. The monoisotopic (exact) mass is 572 g/mol. The number of esters is 3. The highest BCUT2D eigenvalue weighted by atomic mass is 32.2. The Bertz CT molecular complexity index is 1390. The number of hydrogen-bond acceptors (Lipinski definition) is 12. The minimum atomic E-state index is -1.34. The molecule has 212 valence electrons. The number of nitriles is 1. The van der Waals surface area contributed by atoms with Gasteiger partial charge in [-0.2, -0.15) is 10.2 Å². The zero-order chi connectivity index (χ0) is 29.6. The fourth-order valence-corrected chi connectivity index (χ4v) is 4.97. The molecule has 1 fully saturated rings. The topological polar surface area (TPSA) is 176 Å². The highest BCUT2D eigenvalue weighted by Crippen LogP contribution is 2.38. The molecule has 14 heteroatoms. The molecular weight excluding hydrogens is 544 g/mol. The van der Waals surface area contributed by atoms with Gasteiger partial charge in [-0.25, -0.2) is 0 Å². The number of carbonyl (C=O) groups excluding carboxylic acids is 4. The molecule has 0 saturated carbocycles. The molecule has 1 aliphatic heterocycles. The van der Waals surface area contributed by atoms with Crippen LogP contribution in [0.15, 0.2) is 40.3 Å². The number of thioether (sulfide) groups is 1. The molecule has 0 bridgehead atoms. The van der Waals surface area contributed by atoms with Crippen LogP contribution in [0.1, 0.15) is 39.5 Å². The van der Waals surface area contributed by atoms with Gasteiger partial charge < -0.3 is 24.3 Å². The van der Waals surface area contributed by atoms with E-state index in [1.807, 2.05) is 6.07 Å². The first kappa shape index (κ1) is 30.3. The Balaban J connectivity index is 2.38. The van der Waals surface area contributed by atoms with Crippen molar-refractivity contribution >= 4 is 35.6 Å². The van der Waals surface area contributed by atoms with Gasteiger partial charge in [-0.05, 0) is 11.8 Å². The summed E-state index contributed by atoms with van der Waals surface area (Å²) in [5, 5.41) is 12.8. The maximum absolute atomic E-state index is 12.9. The number of carbonyl (C=O) groups is 4. The van der Waals surface area contributed by atoms with Crippen molar-refractivity contribution in [3.8, 4) is 17.3 Å². The molecule has 40 heavy (non-hydrogen) atoms. The molecule has 13 nitrogen and oxygen atoms in total. The number of nitrogens with zero attached hydrogens (tertiary/aromatic N) is 3. The number of rotatable bonds is 8. The number of ether oxygens (including phenoxy) is 4. The summed E-state index contributed by atoms with van der Waals surface area (Å²) in [6.07, 6.45) is -3.49. The second-order valence-electron chi connectivity index (χ2n) is 8.72. The summed E-state index contributed by atoms with van der Waals surface area (Å²) in [4.78, 5) is 65.4. The molecule has 2 heterocycles. The van der Waals surface area contributed by atoms with E-state index in [1.165, 1.54) is 18.4 Å². The molecule has 0 radical (unpaired) electrons. The first-order valence-electron chi connectivity index (χ1n) is 12.0. The summed E-state index contributed by atoms with van der Waals surface area (Å²) < 4.78 is 24.0.